The van der Waals surface area contributed by atoms with E-state index in [0.717, 1.165) is 49.7 Å². The molecular weight excluding hydrogens is 783 g/mol. The summed E-state index contributed by atoms with van der Waals surface area (Å²) in [4.78, 5) is 16.0. The molecule has 0 fully saturated rings. The Hall–Kier alpha value is -8.19. The molecule has 0 unspecified atom stereocenters. The van der Waals surface area contributed by atoms with E-state index in [4.69, 9.17) is 15.0 Å². The molecule has 0 aliphatic heterocycles. The normalized spacial score (nSPS) is 11.8. The summed E-state index contributed by atoms with van der Waals surface area (Å²) < 4.78 is 4.64. The van der Waals surface area contributed by atoms with Crippen LogP contribution in [0.25, 0.3) is 78.0 Å². The van der Waals surface area contributed by atoms with Crippen LogP contribution in [-0.4, -0.2) is 32.2 Å². The number of rotatable bonds is 8. The molecule has 0 amide bonds. The molecule has 0 N–H and O–H groups in total. The third kappa shape index (κ3) is 5.87. The number of para-hydroxylation sites is 4. The van der Waals surface area contributed by atoms with Crippen LogP contribution in [0.3, 0.4) is 0 Å². The van der Waals surface area contributed by atoms with Crippen molar-refractivity contribution in [1.29, 1.82) is 0 Å². The van der Waals surface area contributed by atoms with E-state index in [1.54, 1.807) is 0 Å². The first kappa shape index (κ1) is 36.6. The van der Waals surface area contributed by atoms with E-state index < -0.39 is 8.07 Å². The van der Waals surface area contributed by atoms with Gasteiger partial charge in [0.2, 0.25) is 5.95 Å². The molecule has 0 bridgehead atoms. The average molecular weight is 822 g/mol. The first-order valence-corrected chi connectivity index (χ1v) is 23.4. The molecule has 0 radical (unpaired) electrons. The lowest BCUT2D eigenvalue weighted by Crippen LogP contribution is -2.74. The van der Waals surface area contributed by atoms with Gasteiger partial charge in [-0.1, -0.05) is 212 Å². The summed E-state index contributed by atoms with van der Waals surface area (Å²) >= 11 is 0. The van der Waals surface area contributed by atoms with Crippen LogP contribution in [0.15, 0.2) is 237 Å². The molecule has 9 aromatic carbocycles. The highest BCUT2D eigenvalue weighted by Crippen LogP contribution is 2.39. The molecule has 12 aromatic rings. The zero-order valence-electron chi connectivity index (χ0n) is 34.3. The molecule has 63 heavy (non-hydrogen) atoms. The fourth-order valence-electron chi connectivity index (χ4n) is 9.81. The third-order valence-electron chi connectivity index (χ3n) is 12.5. The van der Waals surface area contributed by atoms with Gasteiger partial charge in [0.15, 0.2) is 19.7 Å². The summed E-state index contributed by atoms with van der Waals surface area (Å²) in [6, 6.07) is 84.8. The van der Waals surface area contributed by atoms with Gasteiger partial charge in [0.05, 0.1) is 27.8 Å². The van der Waals surface area contributed by atoms with Gasteiger partial charge in [0.25, 0.3) is 0 Å². The van der Waals surface area contributed by atoms with Crippen LogP contribution >= 0.6 is 0 Å². The fourth-order valence-corrected chi connectivity index (χ4v) is 14.6. The van der Waals surface area contributed by atoms with Gasteiger partial charge in [-0.05, 0) is 45.0 Å². The van der Waals surface area contributed by atoms with E-state index in [2.05, 4.69) is 228 Å². The molecular formula is C57H39N5Si. The Morgan fingerprint density at radius 3 is 1.17 bits per heavy atom. The molecule has 3 aromatic heterocycles. The predicted molar refractivity (Wildman–Crippen MR) is 263 cm³/mol. The molecule has 0 atom stereocenters. The van der Waals surface area contributed by atoms with E-state index in [1.807, 2.05) is 18.2 Å². The van der Waals surface area contributed by atoms with Crippen LogP contribution in [0, 0.1) is 0 Å². The largest absolute Gasteiger partial charge is 0.307 e. The number of benzene rings is 9. The zero-order valence-corrected chi connectivity index (χ0v) is 35.3. The maximum atomic E-state index is 5.43. The second-order valence-electron chi connectivity index (χ2n) is 16.0. The number of nitrogens with zero attached hydrogens (tertiary/aromatic N) is 5. The second-order valence-corrected chi connectivity index (χ2v) is 19.8. The van der Waals surface area contributed by atoms with Crippen molar-refractivity contribution in [3.63, 3.8) is 0 Å². The van der Waals surface area contributed by atoms with Crippen molar-refractivity contribution in [3.05, 3.63) is 237 Å². The summed E-state index contributed by atoms with van der Waals surface area (Å²) in [7, 11) is -2.73. The van der Waals surface area contributed by atoms with Crippen molar-refractivity contribution in [3.8, 4) is 34.4 Å². The van der Waals surface area contributed by atoms with E-state index in [0.29, 0.717) is 17.6 Å². The van der Waals surface area contributed by atoms with Gasteiger partial charge in [-0.25, -0.2) is 4.98 Å². The van der Waals surface area contributed by atoms with E-state index in [9.17, 15) is 0 Å². The highest BCUT2D eigenvalue weighted by Gasteiger charge is 2.41. The lowest BCUT2D eigenvalue weighted by molar-refractivity contribution is 0.950. The van der Waals surface area contributed by atoms with Gasteiger partial charge in [-0.15, -0.1) is 0 Å². The van der Waals surface area contributed by atoms with Gasteiger partial charge >= 0.3 is 0 Å². The summed E-state index contributed by atoms with van der Waals surface area (Å²) in [6.07, 6.45) is 0. The number of hydrogen-bond acceptors (Lipinski definition) is 3. The maximum Gasteiger partial charge on any atom is 0.238 e. The lowest BCUT2D eigenvalue weighted by Gasteiger charge is -2.34. The Kier molecular flexibility index (Phi) is 8.76. The third-order valence-corrected chi connectivity index (χ3v) is 17.3. The molecule has 0 aliphatic rings. The number of aromatic nitrogens is 5. The Morgan fingerprint density at radius 1 is 0.286 bits per heavy atom. The molecule has 6 heteroatoms. The molecule has 296 valence electrons. The van der Waals surface area contributed by atoms with Crippen molar-refractivity contribution in [2.24, 2.45) is 0 Å². The van der Waals surface area contributed by atoms with Crippen molar-refractivity contribution in [1.82, 2.24) is 24.1 Å². The molecule has 0 saturated carbocycles. The SMILES string of the molecule is c1ccc(-c2nc(-c3ccc([Si](c4ccccc4)(c4ccccc4)c4ccccc4)cc3)nc(-n3c4ccccc4c4cccc(-n5c6ccccc6c6ccccc65)c43)n2)cc1. The Bertz CT molecular complexity index is 3450. The van der Waals surface area contributed by atoms with Crippen molar-refractivity contribution < 1.29 is 0 Å². The maximum absolute atomic E-state index is 5.43. The Labute approximate surface area is 365 Å². The fraction of sp³-hybridized carbons (Fsp3) is 0. The van der Waals surface area contributed by atoms with E-state index in [-0.39, 0.29) is 0 Å². The highest BCUT2D eigenvalue weighted by atomic mass is 28.3. The standard InChI is InChI=1S/C57H39N5Si/c1-5-20-40(21-6-1)55-58-56(41-36-38-45(39-37-41)63(42-22-7-2-8-23-42,43-24-9-3-10-25-43)44-26-11-4-12-27-44)60-57(59-55)62-52-34-18-15-30-48(52)49-31-19-35-53(54(49)62)61-50-32-16-13-28-46(50)47-29-14-17-33-51(47)61/h1-39H. The molecule has 12 rings (SSSR count). The number of hydrogen-bond donors (Lipinski definition) is 0. The second kappa shape index (κ2) is 15.1. The zero-order chi connectivity index (χ0) is 41.7. The van der Waals surface area contributed by atoms with Crippen molar-refractivity contribution >= 4 is 72.4 Å². The van der Waals surface area contributed by atoms with E-state index >= 15 is 0 Å². The van der Waals surface area contributed by atoms with Gasteiger partial charge < -0.3 is 4.57 Å². The first-order chi connectivity index (χ1) is 31.3. The minimum Gasteiger partial charge on any atom is -0.307 e. The molecule has 5 nitrogen and oxygen atoms in total. The van der Waals surface area contributed by atoms with Gasteiger partial charge in [-0.2, -0.15) is 9.97 Å². The Morgan fingerprint density at radius 2 is 0.667 bits per heavy atom. The van der Waals surface area contributed by atoms with Crippen molar-refractivity contribution in [2.45, 2.75) is 0 Å². The summed E-state index contributed by atoms with van der Waals surface area (Å²) in [6.45, 7) is 0. The van der Waals surface area contributed by atoms with Crippen molar-refractivity contribution in [2.75, 3.05) is 0 Å². The van der Waals surface area contributed by atoms with Crippen LogP contribution < -0.4 is 20.7 Å². The topological polar surface area (TPSA) is 48.5 Å². The molecule has 0 saturated heterocycles. The quantitative estimate of drug-likeness (QED) is 0.113. The minimum absolute atomic E-state index is 0.559. The van der Waals surface area contributed by atoms with Gasteiger partial charge in [-0.3, -0.25) is 4.57 Å². The van der Waals surface area contributed by atoms with Crippen LogP contribution in [0.5, 0.6) is 0 Å². The predicted octanol–water partition coefficient (Wildman–Crippen LogP) is 10.8. The highest BCUT2D eigenvalue weighted by molar-refractivity contribution is 7.19. The minimum atomic E-state index is -2.73. The van der Waals surface area contributed by atoms with Crippen LogP contribution in [-0.2, 0) is 0 Å². The first-order valence-electron chi connectivity index (χ1n) is 21.4. The number of fused-ring (bicyclic) bond motifs is 6. The summed E-state index contributed by atoms with van der Waals surface area (Å²) in [5.74, 6) is 1.78. The Balaban J connectivity index is 1.11. The smallest absolute Gasteiger partial charge is 0.238 e. The van der Waals surface area contributed by atoms with Crippen LogP contribution in [0.1, 0.15) is 0 Å². The van der Waals surface area contributed by atoms with Crippen LogP contribution in [0.2, 0.25) is 0 Å². The lowest BCUT2D eigenvalue weighted by atomic mass is 10.1. The molecule has 0 aliphatic carbocycles. The summed E-state index contributed by atoms with van der Waals surface area (Å²) in [5.41, 5.74) is 7.23. The van der Waals surface area contributed by atoms with Crippen LogP contribution in [0.4, 0.5) is 0 Å². The average Bonchev–Trinajstić information content (AvgIpc) is 3.89. The van der Waals surface area contributed by atoms with Gasteiger partial charge in [0.1, 0.15) is 0 Å². The monoisotopic (exact) mass is 821 g/mol. The summed E-state index contributed by atoms with van der Waals surface area (Å²) in [5, 5.41) is 9.95. The van der Waals surface area contributed by atoms with E-state index in [1.165, 1.54) is 31.5 Å². The molecule has 3 heterocycles. The molecule has 0 spiro atoms. The van der Waals surface area contributed by atoms with Gasteiger partial charge in [0, 0.05) is 32.7 Å².